The average Bonchev–Trinajstić information content (AvgIpc) is 2.43. The maximum Gasteiger partial charge on any atom is 0.0526 e. The van der Waals surface area contributed by atoms with Crippen LogP contribution in [0.1, 0.15) is 45.1 Å². The molecule has 1 aliphatic rings. The highest BCUT2D eigenvalue weighted by molar-refractivity contribution is 6.31. The first-order valence-electron chi connectivity index (χ1n) is 7.73. The number of nitrogens with one attached hydrogen (secondary N) is 1. The van der Waals surface area contributed by atoms with E-state index in [1.54, 1.807) is 0 Å². The highest BCUT2D eigenvalue weighted by atomic mass is 35.5. The zero-order valence-electron chi connectivity index (χ0n) is 12.9. The second-order valence-electron chi connectivity index (χ2n) is 6.55. The monoisotopic (exact) mass is 294 g/mol. The molecule has 1 aromatic rings. The van der Waals surface area contributed by atoms with Crippen LogP contribution in [0.2, 0.25) is 5.02 Å². The Hall–Kier alpha value is -0.730. The lowest BCUT2D eigenvalue weighted by atomic mass is 9.67. The Bertz CT molecular complexity index is 458. The molecule has 112 valence electrons. The molecule has 2 atom stereocenters. The number of benzene rings is 1. The summed E-state index contributed by atoms with van der Waals surface area (Å²) in [7, 11) is 0. The minimum atomic E-state index is 0.0189. The van der Waals surface area contributed by atoms with Crippen LogP contribution in [0.4, 0.5) is 5.69 Å². The summed E-state index contributed by atoms with van der Waals surface area (Å²) in [6, 6.07) is 6.22. The molecule has 0 bridgehead atoms. The largest absolute Gasteiger partial charge is 0.378 e. The second-order valence-corrected chi connectivity index (χ2v) is 6.95. The summed E-state index contributed by atoms with van der Waals surface area (Å²) >= 11 is 6.25. The molecule has 1 aromatic carbocycles. The lowest BCUT2D eigenvalue weighted by molar-refractivity contribution is 0.166. The normalized spacial score (nSPS) is 26.8. The summed E-state index contributed by atoms with van der Waals surface area (Å²) in [6.07, 6.45) is 4.99. The highest BCUT2D eigenvalue weighted by Gasteiger charge is 2.41. The molecular formula is C17H27ClN2. The number of aryl methyl sites for hydroxylation is 1. The van der Waals surface area contributed by atoms with Crippen molar-refractivity contribution in [1.82, 2.24) is 0 Å². The molecule has 2 unspecified atom stereocenters. The van der Waals surface area contributed by atoms with E-state index in [4.69, 9.17) is 17.3 Å². The third kappa shape index (κ3) is 3.12. The molecular weight excluding hydrogens is 268 g/mol. The van der Waals surface area contributed by atoms with Crippen LogP contribution in [-0.4, -0.2) is 12.1 Å². The molecule has 0 aromatic heterocycles. The molecule has 3 heteroatoms. The number of hydrogen-bond acceptors (Lipinski definition) is 2. The van der Waals surface area contributed by atoms with Gasteiger partial charge in [-0.3, -0.25) is 0 Å². The number of hydrogen-bond donors (Lipinski definition) is 2. The van der Waals surface area contributed by atoms with E-state index in [2.05, 4.69) is 31.3 Å². The van der Waals surface area contributed by atoms with E-state index >= 15 is 0 Å². The fraction of sp³-hybridized carbons (Fsp3) is 0.647. The van der Waals surface area contributed by atoms with Crippen molar-refractivity contribution in [2.45, 2.75) is 52.0 Å². The lowest BCUT2D eigenvalue weighted by Gasteiger charge is -2.47. The summed E-state index contributed by atoms with van der Waals surface area (Å²) in [4.78, 5) is 0. The van der Waals surface area contributed by atoms with Crippen molar-refractivity contribution in [1.29, 1.82) is 0 Å². The minimum Gasteiger partial charge on any atom is -0.378 e. The van der Waals surface area contributed by atoms with Crippen LogP contribution in [-0.2, 0) is 0 Å². The van der Waals surface area contributed by atoms with Crippen molar-refractivity contribution >= 4 is 17.3 Å². The van der Waals surface area contributed by atoms with Crippen molar-refractivity contribution in [3.63, 3.8) is 0 Å². The van der Waals surface area contributed by atoms with Gasteiger partial charge in [0.05, 0.1) is 5.54 Å². The summed E-state index contributed by atoms with van der Waals surface area (Å²) in [5, 5.41) is 4.55. The molecule has 1 aliphatic carbocycles. The Morgan fingerprint density at radius 2 is 2.15 bits per heavy atom. The quantitative estimate of drug-likeness (QED) is 0.851. The van der Waals surface area contributed by atoms with Crippen LogP contribution >= 0.6 is 11.6 Å². The molecule has 2 rings (SSSR count). The average molecular weight is 295 g/mol. The standard InChI is InChI=1S/C17H27ClN2/c1-12(2)15-6-4-5-9-17(15,11-19)20-14-8-7-13(3)16(18)10-14/h7-8,10,12,15,20H,4-6,9,11,19H2,1-3H3. The van der Waals surface area contributed by atoms with E-state index in [1.807, 2.05) is 13.0 Å². The zero-order chi connectivity index (χ0) is 14.8. The molecule has 3 N–H and O–H groups in total. The highest BCUT2D eigenvalue weighted by Crippen LogP contribution is 2.40. The van der Waals surface area contributed by atoms with Crippen molar-refractivity contribution in [3.8, 4) is 0 Å². The van der Waals surface area contributed by atoms with Crippen LogP contribution in [0.5, 0.6) is 0 Å². The topological polar surface area (TPSA) is 38.0 Å². The zero-order valence-corrected chi connectivity index (χ0v) is 13.6. The smallest absolute Gasteiger partial charge is 0.0526 e. The molecule has 0 spiro atoms. The van der Waals surface area contributed by atoms with Crippen LogP contribution in [0.3, 0.4) is 0 Å². The number of halogens is 1. The molecule has 0 aliphatic heterocycles. The van der Waals surface area contributed by atoms with Gasteiger partial charge in [-0.2, -0.15) is 0 Å². The Kier molecular flexibility index (Phi) is 4.98. The van der Waals surface area contributed by atoms with E-state index in [9.17, 15) is 0 Å². The van der Waals surface area contributed by atoms with Gasteiger partial charge in [0.2, 0.25) is 0 Å². The molecule has 20 heavy (non-hydrogen) atoms. The van der Waals surface area contributed by atoms with Crippen LogP contribution in [0.15, 0.2) is 18.2 Å². The summed E-state index contributed by atoms with van der Waals surface area (Å²) in [5.74, 6) is 1.27. The van der Waals surface area contributed by atoms with E-state index < -0.39 is 0 Å². The molecule has 1 saturated carbocycles. The minimum absolute atomic E-state index is 0.0189. The van der Waals surface area contributed by atoms with Crippen molar-refractivity contribution in [2.24, 2.45) is 17.6 Å². The Balaban J connectivity index is 2.27. The molecule has 0 heterocycles. The predicted octanol–water partition coefficient (Wildman–Crippen LogP) is 4.60. The van der Waals surface area contributed by atoms with Crippen molar-refractivity contribution in [2.75, 3.05) is 11.9 Å². The van der Waals surface area contributed by atoms with Crippen LogP contribution < -0.4 is 11.1 Å². The molecule has 0 saturated heterocycles. The SMILES string of the molecule is Cc1ccc(NC2(CN)CCCCC2C(C)C)cc1Cl. The molecule has 0 amide bonds. The summed E-state index contributed by atoms with van der Waals surface area (Å²) in [5.41, 5.74) is 8.42. The fourth-order valence-electron chi connectivity index (χ4n) is 3.66. The van der Waals surface area contributed by atoms with Gasteiger partial charge < -0.3 is 11.1 Å². The van der Waals surface area contributed by atoms with Crippen LogP contribution in [0, 0.1) is 18.8 Å². The first-order valence-corrected chi connectivity index (χ1v) is 8.11. The van der Waals surface area contributed by atoms with Gasteiger partial charge in [0.1, 0.15) is 0 Å². The first-order chi connectivity index (χ1) is 9.48. The lowest BCUT2D eigenvalue weighted by Crippen LogP contribution is -2.55. The molecule has 2 nitrogen and oxygen atoms in total. The third-order valence-corrected chi connectivity index (χ3v) is 5.24. The van der Waals surface area contributed by atoms with Crippen molar-refractivity contribution < 1.29 is 0 Å². The Morgan fingerprint density at radius 3 is 2.75 bits per heavy atom. The molecule has 0 radical (unpaired) electrons. The number of anilines is 1. The Labute approximate surface area is 128 Å². The van der Waals surface area contributed by atoms with Gasteiger partial charge in [0.15, 0.2) is 0 Å². The maximum absolute atomic E-state index is 6.25. The van der Waals surface area contributed by atoms with Gasteiger partial charge in [0.25, 0.3) is 0 Å². The van der Waals surface area contributed by atoms with Gasteiger partial charge in [-0.25, -0.2) is 0 Å². The predicted molar refractivity (Wildman–Crippen MR) is 88.4 cm³/mol. The van der Waals surface area contributed by atoms with E-state index in [0.717, 1.165) is 22.7 Å². The van der Waals surface area contributed by atoms with E-state index in [0.29, 0.717) is 18.4 Å². The van der Waals surface area contributed by atoms with Crippen LogP contribution in [0.25, 0.3) is 0 Å². The van der Waals surface area contributed by atoms with Gasteiger partial charge >= 0.3 is 0 Å². The van der Waals surface area contributed by atoms with E-state index in [-0.39, 0.29) is 5.54 Å². The van der Waals surface area contributed by atoms with Gasteiger partial charge in [-0.15, -0.1) is 0 Å². The Morgan fingerprint density at radius 1 is 1.40 bits per heavy atom. The van der Waals surface area contributed by atoms with Gasteiger partial charge in [-0.1, -0.05) is 44.4 Å². The molecule has 1 fully saturated rings. The number of nitrogens with two attached hydrogens (primary N) is 1. The second kappa shape index (κ2) is 6.36. The maximum atomic E-state index is 6.25. The first kappa shape index (κ1) is 15.7. The van der Waals surface area contributed by atoms with Gasteiger partial charge in [0, 0.05) is 17.3 Å². The van der Waals surface area contributed by atoms with E-state index in [1.165, 1.54) is 19.3 Å². The van der Waals surface area contributed by atoms with Gasteiger partial charge in [-0.05, 0) is 49.3 Å². The summed E-state index contributed by atoms with van der Waals surface area (Å²) < 4.78 is 0. The third-order valence-electron chi connectivity index (χ3n) is 4.83. The summed E-state index contributed by atoms with van der Waals surface area (Å²) in [6.45, 7) is 7.33. The number of rotatable bonds is 4. The fourth-order valence-corrected chi connectivity index (χ4v) is 3.84. The van der Waals surface area contributed by atoms with Crippen molar-refractivity contribution in [3.05, 3.63) is 28.8 Å².